The summed E-state index contributed by atoms with van der Waals surface area (Å²) >= 11 is 0. The van der Waals surface area contributed by atoms with Crippen LogP contribution in [0, 0.1) is 5.82 Å². The number of Topliss-reactive ketones (excluding diaryl/α,β-unsaturated/α-hetero) is 1. The minimum Gasteiger partial charge on any atom is -0.357 e. The van der Waals surface area contributed by atoms with Gasteiger partial charge in [-0.05, 0) is 56.2 Å². The second kappa shape index (κ2) is 5.74. The lowest BCUT2D eigenvalue weighted by Gasteiger charge is -2.18. The number of halogens is 1. The molecule has 0 bridgehead atoms. The monoisotopic (exact) mass is 323 g/mol. The highest BCUT2D eigenvalue weighted by Gasteiger charge is 2.22. The average Bonchev–Trinajstić information content (AvgIpc) is 3.22. The predicted molar refractivity (Wildman–Crippen MR) is 92.0 cm³/mol. The van der Waals surface area contributed by atoms with E-state index >= 15 is 0 Å². The van der Waals surface area contributed by atoms with Crippen molar-refractivity contribution < 1.29 is 9.18 Å². The number of rotatable bonds is 3. The van der Waals surface area contributed by atoms with Gasteiger partial charge < -0.3 is 4.90 Å². The highest BCUT2D eigenvalue weighted by Crippen LogP contribution is 2.30. The van der Waals surface area contributed by atoms with Gasteiger partial charge >= 0.3 is 0 Å². The van der Waals surface area contributed by atoms with E-state index in [1.807, 2.05) is 22.7 Å². The Morgan fingerprint density at radius 3 is 2.46 bits per heavy atom. The van der Waals surface area contributed by atoms with Crippen molar-refractivity contribution in [3.05, 3.63) is 53.8 Å². The van der Waals surface area contributed by atoms with Gasteiger partial charge in [0.2, 0.25) is 0 Å². The summed E-state index contributed by atoms with van der Waals surface area (Å²) in [5.74, 6) is 0.661. The molecule has 0 atom stereocenters. The van der Waals surface area contributed by atoms with Gasteiger partial charge in [-0.25, -0.2) is 8.91 Å². The van der Waals surface area contributed by atoms with E-state index in [2.05, 4.69) is 4.90 Å². The van der Waals surface area contributed by atoms with Crippen LogP contribution in [0.1, 0.15) is 30.1 Å². The Hall–Kier alpha value is -2.69. The maximum absolute atomic E-state index is 13.2. The normalized spacial score (nSPS) is 14.5. The van der Waals surface area contributed by atoms with E-state index in [1.54, 1.807) is 19.1 Å². The van der Waals surface area contributed by atoms with Gasteiger partial charge in [0.25, 0.3) is 0 Å². The number of benzene rings is 1. The highest BCUT2D eigenvalue weighted by atomic mass is 19.1. The average molecular weight is 323 g/mol. The lowest BCUT2D eigenvalue weighted by atomic mass is 10.0. The van der Waals surface area contributed by atoms with Crippen LogP contribution in [0.2, 0.25) is 0 Å². The third kappa shape index (κ3) is 2.37. The molecule has 2 aromatic heterocycles. The van der Waals surface area contributed by atoms with Crippen LogP contribution in [0.15, 0.2) is 42.5 Å². The summed E-state index contributed by atoms with van der Waals surface area (Å²) in [5, 5.41) is 4.71. The summed E-state index contributed by atoms with van der Waals surface area (Å²) in [5.41, 5.74) is 2.74. The number of fused-ring (bicyclic) bond motifs is 1. The summed E-state index contributed by atoms with van der Waals surface area (Å²) in [7, 11) is 0. The second-order valence-corrected chi connectivity index (χ2v) is 6.16. The molecule has 0 amide bonds. The number of hydrogen-bond donors (Lipinski definition) is 0. The first-order chi connectivity index (χ1) is 11.6. The van der Waals surface area contributed by atoms with Gasteiger partial charge in [0.1, 0.15) is 17.3 Å². The van der Waals surface area contributed by atoms with Crippen LogP contribution >= 0.6 is 0 Å². The Bertz CT molecular complexity index is 908. The molecular weight excluding hydrogens is 305 g/mol. The van der Waals surface area contributed by atoms with Gasteiger partial charge in [0.15, 0.2) is 5.78 Å². The molecule has 3 aromatic rings. The molecule has 1 aliphatic heterocycles. The Balaban J connectivity index is 1.96. The van der Waals surface area contributed by atoms with Crippen LogP contribution in [0.3, 0.4) is 0 Å². The van der Waals surface area contributed by atoms with Crippen molar-refractivity contribution in [1.29, 1.82) is 0 Å². The zero-order chi connectivity index (χ0) is 16.7. The summed E-state index contributed by atoms with van der Waals surface area (Å²) < 4.78 is 15.1. The molecule has 0 saturated carbocycles. The summed E-state index contributed by atoms with van der Waals surface area (Å²) in [6.07, 6.45) is 2.34. The number of nitrogens with zero attached hydrogens (tertiary/aromatic N) is 3. The van der Waals surface area contributed by atoms with Crippen molar-refractivity contribution in [3.63, 3.8) is 0 Å². The number of anilines is 1. The van der Waals surface area contributed by atoms with E-state index in [9.17, 15) is 9.18 Å². The molecule has 24 heavy (non-hydrogen) atoms. The molecule has 0 N–H and O–H groups in total. The van der Waals surface area contributed by atoms with Crippen molar-refractivity contribution in [1.82, 2.24) is 9.61 Å². The minimum atomic E-state index is -0.301. The minimum absolute atomic E-state index is 0.0390. The molecule has 4 nitrogen and oxygen atoms in total. The first-order valence-corrected chi connectivity index (χ1v) is 8.19. The topological polar surface area (TPSA) is 37.6 Å². The van der Waals surface area contributed by atoms with Crippen LogP contribution in [-0.2, 0) is 0 Å². The highest BCUT2D eigenvalue weighted by molar-refractivity contribution is 6.06. The smallest absolute Gasteiger partial charge is 0.164 e. The fourth-order valence-electron chi connectivity index (χ4n) is 3.40. The molecule has 0 radical (unpaired) electrons. The Labute approximate surface area is 139 Å². The second-order valence-electron chi connectivity index (χ2n) is 6.16. The lowest BCUT2D eigenvalue weighted by Crippen LogP contribution is -2.20. The molecule has 3 heterocycles. The van der Waals surface area contributed by atoms with Gasteiger partial charge in [-0.15, -0.1) is 0 Å². The molecule has 0 spiro atoms. The molecule has 1 aliphatic rings. The van der Waals surface area contributed by atoms with E-state index in [0.717, 1.165) is 30.0 Å². The van der Waals surface area contributed by atoms with Crippen molar-refractivity contribution >= 4 is 17.1 Å². The SMILES string of the molecule is CC(=O)c1c(-c2ccc(F)cc2)nn2c(N3CCCC3)cccc12. The summed E-state index contributed by atoms with van der Waals surface area (Å²) in [4.78, 5) is 14.6. The fourth-order valence-corrected chi connectivity index (χ4v) is 3.40. The number of ketones is 1. The zero-order valence-corrected chi connectivity index (χ0v) is 13.5. The number of carbonyl (C=O) groups excluding carboxylic acids is 1. The lowest BCUT2D eigenvalue weighted by molar-refractivity contribution is 0.102. The van der Waals surface area contributed by atoms with Gasteiger partial charge in [-0.3, -0.25) is 4.79 Å². The Morgan fingerprint density at radius 1 is 1.08 bits per heavy atom. The van der Waals surface area contributed by atoms with Gasteiger partial charge in [-0.2, -0.15) is 5.10 Å². The molecule has 1 fully saturated rings. The number of pyridine rings is 1. The van der Waals surface area contributed by atoms with Crippen molar-refractivity contribution in [2.24, 2.45) is 0 Å². The quantitative estimate of drug-likeness (QED) is 0.685. The zero-order valence-electron chi connectivity index (χ0n) is 13.5. The van der Waals surface area contributed by atoms with Crippen LogP contribution in [0.4, 0.5) is 10.2 Å². The standard InChI is InChI=1S/C19H18FN3O/c1-13(24)18-16-5-4-6-17(22-11-2-3-12-22)23(16)21-19(18)14-7-9-15(20)10-8-14/h4-10H,2-3,11-12H2,1H3. The van der Waals surface area contributed by atoms with Crippen LogP contribution in [-0.4, -0.2) is 28.5 Å². The van der Waals surface area contributed by atoms with Gasteiger partial charge in [0, 0.05) is 18.7 Å². The largest absolute Gasteiger partial charge is 0.357 e. The number of carbonyl (C=O) groups is 1. The third-order valence-corrected chi connectivity index (χ3v) is 4.54. The third-order valence-electron chi connectivity index (χ3n) is 4.54. The van der Waals surface area contributed by atoms with Gasteiger partial charge in [0.05, 0.1) is 11.1 Å². The van der Waals surface area contributed by atoms with E-state index < -0.39 is 0 Å². The molecule has 0 unspecified atom stereocenters. The molecule has 4 rings (SSSR count). The van der Waals surface area contributed by atoms with Crippen molar-refractivity contribution in [3.8, 4) is 11.3 Å². The van der Waals surface area contributed by atoms with Crippen LogP contribution in [0.25, 0.3) is 16.8 Å². The Kier molecular flexibility index (Phi) is 3.56. The van der Waals surface area contributed by atoms with Crippen molar-refractivity contribution in [2.45, 2.75) is 19.8 Å². The van der Waals surface area contributed by atoms with Crippen molar-refractivity contribution in [2.75, 3.05) is 18.0 Å². The number of aromatic nitrogens is 2. The molecular formula is C19H18FN3O. The van der Waals surface area contributed by atoms with E-state index in [0.29, 0.717) is 11.3 Å². The maximum Gasteiger partial charge on any atom is 0.164 e. The molecule has 0 aliphatic carbocycles. The molecule has 1 aromatic carbocycles. The molecule has 1 saturated heterocycles. The maximum atomic E-state index is 13.2. The first kappa shape index (κ1) is 14.9. The van der Waals surface area contributed by atoms with Crippen LogP contribution < -0.4 is 4.90 Å². The predicted octanol–water partition coefficient (Wildman–Crippen LogP) is 3.94. The van der Waals surface area contributed by atoms with Crippen LogP contribution in [0.5, 0.6) is 0 Å². The van der Waals surface area contributed by atoms with E-state index in [-0.39, 0.29) is 11.6 Å². The summed E-state index contributed by atoms with van der Waals surface area (Å²) in [6, 6.07) is 12.0. The van der Waals surface area contributed by atoms with E-state index in [1.165, 1.54) is 25.0 Å². The fraction of sp³-hybridized carbons (Fsp3) is 0.263. The molecule has 5 heteroatoms. The number of hydrogen-bond acceptors (Lipinski definition) is 3. The first-order valence-electron chi connectivity index (χ1n) is 8.19. The molecule has 122 valence electrons. The van der Waals surface area contributed by atoms with Gasteiger partial charge in [-0.1, -0.05) is 6.07 Å². The van der Waals surface area contributed by atoms with E-state index in [4.69, 9.17) is 5.10 Å². The summed E-state index contributed by atoms with van der Waals surface area (Å²) in [6.45, 7) is 3.55. The Morgan fingerprint density at radius 2 is 1.79 bits per heavy atom.